The summed E-state index contributed by atoms with van der Waals surface area (Å²) in [5.41, 5.74) is 2.02. The quantitative estimate of drug-likeness (QED) is 0.691. The van der Waals surface area contributed by atoms with Crippen LogP contribution in [0.1, 0.15) is 5.56 Å². The second kappa shape index (κ2) is 4.01. The molecule has 70 valence electrons. The number of hydrogen-bond donors (Lipinski definition) is 0. The fraction of sp³-hybridized carbons (Fsp3) is 0.167. The van der Waals surface area contributed by atoms with E-state index in [1.165, 1.54) is 5.56 Å². The van der Waals surface area contributed by atoms with Gasteiger partial charge in [0.1, 0.15) is 6.54 Å². The van der Waals surface area contributed by atoms with Gasteiger partial charge < -0.3 is 0 Å². The number of benzene rings is 1. The van der Waals surface area contributed by atoms with Gasteiger partial charge in [0.25, 0.3) is 0 Å². The Hall–Kier alpha value is -1.70. The number of rotatable bonds is 2. The van der Waals surface area contributed by atoms with Crippen molar-refractivity contribution >= 4 is 12.0 Å². The lowest BCUT2D eigenvalue weighted by Gasteiger charge is -2.07. The molecule has 0 N–H and O–H groups in total. The highest BCUT2D eigenvalue weighted by Gasteiger charge is 2.10. The molecule has 14 heavy (non-hydrogen) atoms. The Kier molecular flexibility index (Phi) is 2.54. The molecule has 0 aromatic heterocycles. The van der Waals surface area contributed by atoms with Crippen molar-refractivity contribution in [1.29, 1.82) is 0 Å². The van der Waals surface area contributed by atoms with Crippen molar-refractivity contribution in [1.82, 2.24) is 0 Å². The zero-order valence-corrected chi connectivity index (χ0v) is 7.81. The number of ketones is 1. The average Bonchev–Trinajstić information content (AvgIpc) is 2.23. The molecule has 1 aromatic rings. The van der Waals surface area contributed by atoms with Crippen LogP contribution in [0, 0.1) is 0 Å². The number of hydrogen-bond acceptors (Lipinski definition) is 2. The molecular formula is C12H11NO. The minimum atomic E-state index is 0.136. The Morgan fingerprint density at radius 1 is 1.21 bits per heavy atom. The molecule has 0 saturated heterocycles. The van der Waals surface area contributed by atoms with Crippen LogP contribution in [0.25, 0.3) is 0 Å². The zero-order chi connectivity index (χ0) is 9.80. The van der Waals surface area contributed by atoms with Gasteiger partial charge in [-0.05, 0) is 11.6 Å². The third-order valence-corrected chi connectivity index (χ3v) is 2.21. The van der Waals surface area contributed by atoms with Gasteiger partial charge in [0, 0.05) is 18.2 Å². The molecule has 0 bridgehead atoms. The molecule has 1 heterocycles. The van der Waals surface area contributed by atoms with E-state index in [1.807, 2.05) is 30.3 Å². The van der Waals surface area contributed by atoms with Gasteiger partial charge in [-0.15, -0.1) is 0 Å². The summed E-state index contributed by atoms with van der Waals surface area (Å²) in [4.78, 5) is 15.3. The monoisotopic (exact) mass is 185 g/mol. The van der Waals surface area contributed by atoms with Gasteiger partial charge in [-0.25, -0.2) is 0 Å². The lowest BCUT2D eigenvalue weighted by atomic mass is 10.0. The minimum Gasteiger partial charge on any atom is -0.292 e. The van der Waals surface area contributed by atoms with Crippen LogP contribution in [0.3, 0.4) is 0 Å². The largest absolute Gasteiger partial charge is 0.292 e. The molecule has 0 radical (unpaired) electrons. The first-order valence-corrected chi connectivity index (χ1v) is 4.62. The van der Waals surface area contributed by atoms with Crippen LogP contribution in [-0.2, 0) is 11.2 Å². The molecular weight excluding hydrogens is 174 g/mol. The number of allylic oxidation sites excluding steroid dienone is 1. The first kappa shape index (κ1) is 8.88. The molecule has 2 nitrogen and oxygen atoms in total. The maximum absolute atomic E-state index is 11.4. The van der Waals surface area contributed by atoms with E-state index in [0.717, 1.165) is 5.57 Å². The maximum atomic E-state index is 11.4. The van der Waals surface area contributed by atoms with Crippen molar-refractivity contribution in [3.05, 3.63) is 47.5 Å². The van der Waals surface area contributed by atoms with E-state index in [2.05, 4.69) is 4.99 Å². The van der Waals surface area contributed by atoms with E-state index in [-0.39, 0.29) is 5.78 Å². The molecule has 1 aromatic carbocycles. The van der Waals surface area contributed by atoms with Crippen LogP contribution >= 0.6 is 0 Å². The summed E-state index contributed by atoms with van der Waals surface area (Å²) in [5, 5.41) is 0. The van der Waals surface area contributed by atoms with Gasteiger partial charge in [-0.3, -0.25) is 9.79 Å². The van der Waals surface area contributed by atoms with Crippen molar-refractivity contribution < 1.29 is 4.79 Å². The predicted molar refractivity (Wildman–Crippen MR) is 56.6 cm³/mol. The van der Waals surface area contributed by atoms with Gasteiger partial charge in [0.05, 0.1) is 0 Å². The minimum absolute atomic E-state index is 0.136. The number of carbonyl (C=O) groups excluding carboxylic acids is 1. The van der Waals surface area contributed by atoms with E-state index in [4.69, 9.17) is 0 Å². The maximum Gasteiger partial charge on any atom is 0.180 e. The second-order valence-electron chi connectivity index (χ2n) is 3.27. The van der Waals surface area contributed by atoms with Gasteiger partial charge in [0.2, 0.25) is 0 Å². The van der Waals surface area contributed by atoms with Crippen molar-refractivity contribution in [3.8, 4) is 0 Å². The van der Waals surface area contributed by atoms with Crippen LogP contribution in [0.4, 0.5) is 0 Å². The molecule has 2 heteroatoms. The molecule has 0 unspecified atom stereocenters. The van der Waals surface area contributed by atoms with Crippen LogP contribution in [0.5, 0.6) is 0 Å². The number of Topliss-reactive ketones (excluding diaryl/α,β-unsaturated/α-hetero) is 1. The first-order chi connectivity index (χ1) is 6.86. The highest BCUT2D eigenvalue weighted by Crippen LogP contribution is 2.10. The fourth-order valence-electron chi connectivity index (χ4n) is 1.45. The van der Waals surface area contributed by atoms with Crippen LogP contribution in [0.15, 0.2) is 47.0 Å². The van der Waals surface area contributed by atoms with Crippen molar-refractivity contribution in [3.63, 3.8) is 0 Å². The molecule has 0 fully saturated rings. The van der Waals surface area contributed by atoms with E-state index in [0.29, 0.717) is 13.0 Å². The first-order valence-electron chi connectivity index (χ1n) is 4.62. The summed E-state index contributed by atoms with van der Waals surface area (Å²) < 4.78 is 0. The number of nitrogens with zero attached hydrogens (tertiary/aromatic N) is 1. The third-order valence-electron chi connectivity index (χ3n) is 2.21. The molecule has 0 atom stereocenters. The lowest BCUT2D eigenvalue weighted by molar-refractivity contribution is -0.114. The Morgan fingerprint density at radius 2 is 2.00 bits per heavy atom. The molecule has 2 rings (SSSR count). The van der Waals surface area contributed by atoms with Crippen molar-refractivity contribution in [2.45, 2.75) is 6.42 Å². The van der Waals surface area contributed by atoms with Gasteiger partial charge >= 0.3 is 0 Å². The van der Waals surface area contributed by atoms with E-state index in [9.17, 15) is 4.79 Å². The molecule has 0 amide bonds. The van der Waals surface area contributed by atoms with Crippen molar-refractivity contribution in [2.24, 2.45) is 4.99 Å². The summed E-state index contributed by atoms with van der Waals surface area (Å²) in [7, 11) is 0. The second-order valence-corrected chi connectivity index (χ2v) is 3.27. The SMILES string of the molecule is O=C1CN=CC=C1Cc1ccccc1. The van der Waals surface area contributed by atoms with Crippen LogP contribution in [-0.4, -0.2) is 18.5 Å². The Labute approximate surface area is 83.0 Å². The zero-order valence-electron chi connectivity index (χ0n) is 7.81. The molecule has 0 spiro atoms. The summed E-state index contributed by atoms with van der Waals surface area (Å²) in [6, 6.07) is 10.00. The highest BCUT2D eigenvalue weighted by atomic mass is 16.1. The summed E-state index contributed by atoms with van der Waals surface area (Å²) in [6.45, 7) is 0.304. The Balaban J connectivity index is 2.15. The Bertz CT molecular complexity index is 390. The number of aliphatic imine (C=N–C) groups is 1. The van der Waals surface area contributed by atoms with Crippen LogP contribution < -0.4 is 0 Å². The number of dihydropyridines is 1. The smallest absolute Gasteiger partial charge is 0.180 e. The van der Waals surface area contributed by atoms with E-state index in [1.54, 1.807) is 12.3 Å². The molecule has 0 saturated carbocycles. The standard InChI is InChI=1S/C12H11NO/c14-12-9-13-7-6-11(12)8-10-4-2-1-3-5-10/h1-7H,8-9H2. The van der Waals surface area contributed by atoms with E-state index < -0.39 is 0 Å². The van der Waals surface area contributed by atoms with Gasteiger partial charge in [-0.1, -0.05) is 30.3 Å². The van der Waals surface area contributed by atoms with Gasteiger partial charge in [0.15, 0.2) is 5.78 Å². The number of carbonyl (C=O) groups is 1. The van der Waals surface area contributed by atoms with E-state index >= 15 is 0 Å². The summed E-state index contributed by atoms with van der Waals surface area (Å²) >= 11 is 0. The summed E-state index contributed by atoms with van der Waals surface area (Å²) in [5.74, 6) is 0.136. The highest BCUT2D eigenvalue weighted by molar-refractivity contribution is 6.03. The van der Waals surface area contributed by atoms with Gasteiger partial charge in [-0.2, -0.15) is 0 Å². The molecule has 1 aliphatic rings. The topological polar surface area (TPSA) is 29.4 Å². The lowest BCUT2D eigenvalue weighted by Crippen LogP contribution is -2.12. The third kappa shape index (κ3) is 1.96. The van der Waals surface area contributed by atoms with Crippen LogP contribution in [0.2, 0.25) is 0 Å². The molecule has 0 aliphatic carbocycles. The average molecular weight is 185 g/mol. The normalized spacial score (nSPS) is 15.4. The Morgan fingerprint density at radius 3 is 2.71 bits per heavy atom. The fourth-order valence-corrected chi connectivity index (χ4v) is 1.45. The summed E-state index contributed by atoms with van der Waals surface area (Å²) in [6.07, 6.45) is 4.23. The molecule has 1 aliphatic heterocycles. The van der Waals surface area contributed by atoms with Crippen molar-refractivity contribution in [2.75, 3.05) is 6.54 Å². The predicted octanol–water partition coefficient (Wildman–Crippen LogP) is 1.81.